The number of aromatic nitrogens is 4. The molecule has 0 aliphatic heterocycles. The average molecular weight is 658 g/mol. The van der Waals surface area contributed by atoms with Gasteiger partial charge in [-0.25, -0.2) is 13.9 Å². The molecule has 0 fully saturated rings. The molecular weight excluding hydrogens is 606 g/mol. The Kier molecular flexibility index (Phi) is 13.0. The largest absolute Gasteiger partial charge is 0.334 e. The van der Waals surface area contributed by atoms with Crippen LogP contribution in [0.5, 0.6) is 0 Å². The number of aryl methyl sites for hydroxylation is 1. The summed E-state index contributed by atoms with van der Waals surface area (Å²) in [6, 6.07) is 25.3. The van der Waals surface area contributed by atoms with Crippen molar-refractivity contribution in [2.45, 2.75) is 77.4 Å². The molecule has 5 rings (SSSR count). The van der Waals surface area contributed by atoms with E-state index < -0.39 is 0 Å². The lowest BCUT2D eigenvalue weighted by atomic mass is 9.79. The minimum atomic E-state index is -0.178. The van der Waals surface area contributed by atoms with E-state index in [1.807, 2.05) is 42.9 Å². The number of carbonyl (C=O) groups excluding carboxylic acids is 1. The molecular formula is C41H51N7O+2. The van der Waals surface area contributed by atoms with E-state index in [2.05, 4.69) is 124 Å². The first-order valence-electron chi connectivity index (χ1n) is 17.5. The van der Waals surface area contributed by atoms with Crippen LogP contribution in [0.15, 0.2) is 116 Å². The van der Waals surface area contributed by atoms with E-state index in [4.69, 9.17) is 5.73 Å². The molecule has 254 valence electrons. The number of nitrogens with zero attached hydrogens (tertiary/aromatic N) is 4. The molecule has 0 radical (unpaired) electrons. The van der Waals surface area contributed by atoms with Gasteiger partial charge in [0.05, 0.1) is 18.8 Å². The highest BCUT2D eigenvalue weighted by atomic mass is 16.2. The minimum Gasteiger partial charge on any atom is -0.334 e. The quantitative estimate of drug-likeness (QED) is 0.108. The van der Waals surface area contributed by atoms with Gasteiger partial charge in [0, 0.05) is 55.0 Å². The third-order valence-corrected chi connectivity index (χ3v) is 9.39. The number of hydrogen-bond acceptors (Lipinski definition) is 4. The van der Waals surface area contributed by atoms with Crippen molar-refractivity contribution in [1.82, 2.24) is 20.6 Å². The maximum Gasteiger partial charge on any atom is 0.315 e. The number of pyridine rings is 4. The number of carbonyl (C=O) groups is 1. The van der Waals surface area contributed by atoms with Crippen molar-refractivity contribution in [2.75, 3.05) is 13.1 Å². The molecule has 0 spiro atoms. The fourth-order valence-electron chi connectivity index (χ4n) is 6.51. The Morgan fingerprint density at radius 1 is 0.796 bits per heavy atom. The van der Waals surface area contributed by atoms with Gasteiger partial charge in [0.15, 0.2) is 37.9 Å². The molecule has 1 aromatic carbocycles. The zero-order valence-corrected chi connectivity index (χ0v) is 29.1. The van der Waals surface area contributed by atoms with Crippen molar-refractivity contribution < 1.29 is 13.9 Å². The Morgan fingerprint density at radius 3 is 2.18 bits per heavy atom. The second-order valence-electron chi connectivity index (χ2n) is 13.0. The summed E-state index contributed by atoms with van der Waals surface area (Å²) in [5, 5.41) is 5.97. The van der Waals surface area contributed by atoms with Crippen LogP contribution in [-0.4, -0.2) is 29.1 Å². The van der Waals surface area contributed by atoms with E-state index in [0.717, 1.165) is 42.6 Å². The van der Waals surface area contributed by atoms with Gasteiger partial charge in [-0.3, -0.25) is 9.97 Å². The van der Waals surface area contributed by atoms with Crippen LogP contribution in [0.2, 0.25) is 0 Å². The normalized spacial score (nSPS) is 13.0. The predicted molar refractivity (Wildman–Crippen MR) is 195 cm³/mol. The molecule has 3 atom stereocenters. The van der Waals surface area contributed by atoms with Gasteiger partial charge < -0.3 is 16.4 Å². The molecule has 8 nitrogen and oxygen atoms in total. The third kappa shape index (κ3) is 10.5. The molecule has 5 aromatic rings. The Labute approximate surface area is 291 Å². The topological polar surface area (TPSA) is 101 Å². The van der Waals surface area contributed by atoms with Crippen molar-refractivity contribution in [3.63, 3.8) is 0 Å². The first kappa shape index (κ1) is 35.4. The molecule has 2 amide bonds. The van der Waals surface area contributed by atoms with Gasteiger partial charge in [0.25, 0.3) is 0 Å². The predicted octanol–water partition coefficient (Wildman–Crippen LogP) is 6.35. The number of rotatable bonds is 16. The van der Waals surface area contributed by atoms with Crippen LogP contribution in [-0.2, 0) is 19.6 Å². The highest BCUT2D eigenvalue weighted by Crippen LogP contribution is 2.38. The molecule has 8 heteroatoms. The average Bonchev–Trinajstić information content (AvgIpc) is 3.13. The summed E-state index contributed by atoms with van der Waals surface area (Å²) in [6.45, 7) is 9.79. The zero-order valence-electron chi connectivity index (χ0n) is 29.1. The van der Waals surface area contributed by atoms with E-state index in [9.17, 15) is 4.79 Å². The van der Waals surface area contributed by atoms with Crippen LogP contribution < -0.4 is 25.5 Å². The van der Waals surface area contributed by atoms with Crippen LogP contribution in [0.3, 0.4) is 0 Å². The number of amides is 2. The van der Waals surface area contributed by atoms with Gasteiger partial charge in [-0.1, -0.05) is 32.0 Å². The van der Waals surface area contributed by atoms with Gasteiger partial charge in [-0.2, -0.15) is 0 Å². The standard InChI is InChI=1S/C41H50N7O/c1-4-34(36-9-16-43-17-10-36)29-39(37-13-22-47(23-14-37)24-15-42)27-32(3)35-11-20-48(21-12-35)25-19-45-41(49)46-30-33-6-5-7-38(28-33)40-26-31(2)8-18-44-40/h5-14,16-18,20-23,26,28,32,34,39H,4,15,19,24-25,27,29-30,42H2,1-3H3,(H-,45,46,49)/q+1/p+1. The Hall–Kier alpha value is -4.95. The SMILES string of the molecule is CCC(CC(CC(C)c1cc[n+](CCNC(=O)NCc2cccc(-c3cc(C)ccn3)c2)cc1)c1cc[n+](CCN)cc1)c1ccncc1. The summed E-state index contributed by atoms with van der Waals surface area (Å²) >= 11 is 0. The van der Waals surface area contributed by atoms with Gasteiger partial charge in [0.2, 0.25) is 0 Å². The number of hydrogen-bond donors (Lipinski definition) is 3. The second kappa shape index (κ2) is 18.0. The molecule has 3 unspecified atom stereocenters. The first-order valence-corrected chi connectivity index (χ1v) is 17.5. The number of urea groups is 1. The fourth-order valence-corrected chi connectivity index (χ4v) is 6.51. The van der Waals surface area contributed by atoms with E-state index in [1.54, 1.807) is 0 Å². The van der Waals surface area contributed by atoms with Crippen LogP contribution in [0.4, 0.5) is 4.79 Å². The lowest BCUT2D eigenvalue weighted by molar-refractivity contribution is -0.695. The summed E-state index contributed by atoms with van der Waals surface area (Å²) in [5.41, 5.74) is 14.0. The van der Waals surface area contributed by atoms with Crippen LogP contribution in [0, 0.1) is 6.92 Å². The van der Waals surface area contributed by atoms with Crippen molar-refractivity contribution in [2.24, 2.45) is 5.73 Å². The number of nitrogens with one attached hydrogen (secondary N) is 2. The van der Waals surface area contributed by atoms with Crippen LogP contribution >= 0.6 is 0 Å². The number of benzene rings is 1. The smallest absolute Gasteiger partial charge is 0.315 e. The Balaban J connectivity index is 1.13. The lowest BCUT2D eigenvalue weighted by Crippen LogP contribution is -2.43. The van der Waals surface area contributed by atoms with Gasteiger partial charge >= 0.3 is 6.03 Å². The first-order chi connectivity index (χ1) is 23.9. The van der Waals surface area contributed by atoms with Crippen molar-refractivity contribution in [3.8, 4) is 11.3 Å². The van der Waals surface area contributed by atoms with Crippen molar-refractivity contribution >= 4 is 6.03 Å². The Bertz CT molecular complexity index is 1740. The fraction of sp³-hybridized carbons (Fsp3) is 0.341. The van der Waals surface area contributed by atoms with Crippen LogP contribution in [0.1, 0.15) is 78.7 Å². The third-order valence-electron chi connectivity index (χ3n) is 9.39. The highest BCUT2D eigenvalue weighted by Gasteiger charge is 2.23. The summed E-state index contributed by atoms with van der Waals surface area (Å²) < 4.78 is 4.28. The van der Waals surface area contributed by atoms with Gasteiger partial charge in [-0.05, 0) is 102 Å². The molecule has 49 heavy (non-hydrogen) atoms. The lowest BCUT2D eigenvalue weighted by Gasteiger charge is -2.26. The van der Waals surface area contributed by atoms with E-state index >= 15 is 0 Å². The molecule has 0 saturated heterocycles. The second-order valence-corrected chi connectivity index (χ2v) is 13.0. The summed E-state index contributed by atoms with van der Waals surface area (Å²) in [7, 11) is 0. The minimum absolute atomic E-state index is 0.178. The molecule has 4 N–H and O–H groups in total. The van der Waals surface area contributed by atoms with Gasteiger partial charge in [0.1, 0.15) is 0 Å². The zero-order chi connectivity index (χ0) is 34.4. The maximum absolute atomic E-state index is 12.6. The highest BCUT2D eigenvalue weighted by molar-refractivity contribution is 5.73. The molecule has 0 aliphatic carbocycles. The van der Waals surface area contributed by atoms with E-state index in [1.165, 1.54) is 22.3 Å². The van der Waals surface area contributed by atoms with E-state index in [0.29, 0.717) is 43.9 Å². The summed E-state index contributed by atoms with van der Waals surface area (Å²) in [6.07, 6.45) is 17.4. The summed E-state index contributed by atoms with van der Waals surface area (Å²) in [5.74, 6) is 1.27. The van der Waals surface area contributed by atoms with Gasteiger partial charge in [-0.15, -0.1) is 0 Å². The van der Waals surface area contributed by atoms with E-state index in [-0.39, 0.29) is 6.03 Å². The molecule has 4 aromatic heterocycles. The van der Waals surface area contributed by atoms with Crippen LogP contribution in [0.25, 0.3) is 11.3 Å². The molecule has 0 bridgehead atoms. The monoisotopic (exact) mass is 657 g/mol. The Morgan fingerprint density at radius 2 is 1.49 bits per heavy atom. The summed E-state index contributed by atoms with van der Waals surface area (Å²) in [4.78, 5) is 21.3. The molecule has 0 saturated carbocycles. The number of nitrogens with two attached hydrogens (primary N) is 1. The maximum atomic E-state index is 12.6. The van der Waals surface area contributed by atoms with Crippen molar-refractivity contribution in [1.29, 1.82) is 0 Å². The molecule has 4 heterocycles. The van der Waals surface area contributed by atoms with Crippen molar-refractivity contribution in [3.05, 3.63) is 144 Å². The molecule has 0 aliphatic rings.